The number of nitrogens with zero attached hydrogens (tertiary/aromatic N) is 5. The summed E-state index contributed by atoms with van der Waals surface area (Å²) in [6, 6.07) is 17.9. The van der Waals surface area contributed by atoms with Crippen LogP contribution in [0.25, 0.3) is 16.6 Å². The molecule has 1 aliphatic rings. The highest BCUT2D eigenvalue weighted by Gasteiger charge is 2.24. The van der Waals surface area contributed by atoms with Gasteiger partial charge >= 0.3 is 0 Å². The number of rotatable bonds is 6. The SMILES string of the molecule is CN(C)c1nc(NC2CCC(NC(=O)c3ccc(-n4cccn4)cc3)CC2)nc2ccccc12. The van der Waals surface area contributed by atoms with Gasteiger partial charge in [0.05, 0.1) is 11.2 Å². The Bertz CT molecular complexity index is 1260. The van der Waals surface area contributed by atoms with Crippen molar-refractivity contribution >= 4 is 28.6 Å². The molecule has 0 saturated heterocycles. The third kappa shape index (κ3) is 4.71. The van der Waals surface area contributed by atoms with E-state index in [9.17, 15) is 4.79 Å². The Balaban J connectivity index is 1.17. The first-order chi connectivity index (χ1) is 16.6. The molecule has 1 fully saturated rings. The number of carbonyl (C=O) groups excluding carboxylic acids is 1. The molecule has 0 aliphatic heterocycles. The summed E-state index contributed by atoms with van der Waals surface area (Å²) in [5.74, 6) is 1.54. The number of hydrogen-bond acceptors (Lipinski definition) is 6. The van der Waals surface area contributed by atoms with Gasteiger partial charge in [0.2, 0.25) is 5.95 Å². The maximum atomic E-state index is 12.7. The second-order valence-electron chi connectivity index (χ2n) is 8.95. The number of para-hydroxylation sites is 1. The van der Waals surface area contributed by atoms with Crippen LogP contribution in [-0.4, -0.2) is 51.8 Å². The fourth-order valence-electron chi connectivity index (χ4n) is 4.49. The molecule has 2 N–H and O–H groups in total. The Morgan fingerprint density at radius 2 is 1.68 bits per heavy atom. The van der Waals surface area contributed by atoms with Crippen molar-refractivity contribution in [2.45, 2.75) is 37.8 Å². The number of aromatic nitrogens is 4. The number of nitrogens with one attached hydrogen (secondary N) is 2. The largest absolute Gasteiger partial charge is 0.362 e. The average Bonchev–Trinajstić information content (AvgIpc) is 3.40. The van der Waals surface area contributed by atoms with E-state index < -0.39 is 0 Å². The molecule has 0 radical (unpaired) electrons. The summed E-state index contributed by atoms with van der Waals surface area (Å²) in [5, 5.41) is 12.0. The van der Waals surface area contributed by atoms with E-state index in [0.717, 1.165) is 48.1 Å². The van der Waals surface area contributed by atoms with E-state index in [4.69, 9.17) is 9.97 Å². The van der Waals surface area contributed by atoms with Crippen LogP contribution >= 0.6 is 0 Å². The molecule has 5 rings (SSSR count). The summed E-state index contributed by atoms with van der Waals surface area (Å²) in [5.41, 5.74) is 2.53. The van der Waals surface area contributed by atoms with Crippen LogP contribution in [0.5, 0.6) is 0 Å². The highest BCUT2D eigenvalue weighted by atomic mass is 16.1. The van der Waals surface area contributed by atoms with Crippen molar-refractivity contribution in [1.82, 2.24) is 25.1 Å². The van der Waals surface area contributed by atoms with Crippen LogP contribution in [0, 0.1) is 0 Å². The zero-order valence-electron chi connectivity index (χ0n) is 19.5. The topological polar surface area (TPSA) is 88.0 Å². The fourth-order valence-corrected chi connectivity index (χ4v) is 4.49. The van der Waals surface area contributed by atoms with Crippen LogP contribution in [0.2, 0.25) is 0 Å². The van der Waals surface area contributed by atoms with Gasteiger partial charge in [-0.15, -0.1) is 0 Å². The second kappa shape index (κ2) is 9.51. The van der Waals surface area contributed by atoms with Crippen LogP contribution in [0.15, 0.2) is 67.0 Å². The Hall–Kier alpha value is -3.94. The molecule has 2 heterocycles. The van der Waals surface area contributed by atoms with Crippen molar-refractivity contribution in [3.8, 4) is 5.69 Å². The number of hydrogen-bond donors (Lipinski definition) is 2. The highest BCUT2D eigenvalue weighted by molar-refractivity contribution is 5.94. The molecule has 8 nitrogen and oxygen atoms in total. The van der Waals surface area contributed by atoms with Gasteiger partial charge in [0, 0.05) is 49.5 Å². The van der Waals surface area contributed by atoms with Crippen molar-refractivity contribution in [3.05, 3.63) is 72.6 Å². The predicted molar refractivity (Wildman–Crippen MR) is 135 cm³/mol. The number of benzene rings is 2. The number of fused-ring (bicyclic) bond motifs is 1. The molecular weight excluding hydrogens is 426 g/mol. The van der Waals surface area contributed by atoms with Gasteiger partial charge in [0.25, 0.3) is 5.91 Å². The smallest absolute Gasteiger partial charge is 0.251 e. The van der Waals surface area contributed by atoms with Crippen molar-refractivity contribution in [1.29, 1.82) is 0 Å². The molecule has 0 bridgehead atoms. The minimum Gasteiger partial charge on any atom is -0.362 e. The molecule has 0 spiro atoms. The highest BCUT2D eigenvalue weighted by Crippen LogP contribution is 2.26. The molecule has 8 heteroatoms. The van der Waals surface area contributed by atoms with Crippen molar-refractivity contribution in [3.63, 3.8) is 0 Å². The fraction of sp³-hybridized carbons (Fsp3) is 0.308. The van der Waals surface area contributed by atoms with Gasteiger partial charge in [0.1, 0.15) is 5.82 Å². The van der Waals surface area contributed by atoms with Crippen LogP contribution in [0.3, 0.4) is 0 Å². The molecule has 1 aliphatic carbocycles. The molecule has 34 heavy (non-hydrogen) atoms. The van der Waals surface area contributed by atoms with Gasteiger partial charge in [-0.05, 0) is 68.1 Å². The maximum absolute atomic E-state index is 12.7. The predicted octanol–water partition coefficient (Wildman–Crippen LogP) is 4.03. The first-order valence-electron chi connectivity index (χ1n) is 11.7. The minimum atomic E-state index is -0.0306. The number of amides is 1. The first-order valence-corrected chi connectivity index (χ1v) is 11.7. The van der Waals surface area contributed by atoms with Crippen LogP contribution < -0.4 is 15.5 Å². The monoisotopic (exact) mass is 455 g/mol. The van der Waals surface area contributed by atoms with E-state index in [1.165, 1.54) is 0 Å². The molecule has 2 aromatic carbocycles. The quantitative estimate of drug-likeness (QED) is 0.456. The van der Waals surface area contributed by atoms with Gasteiger partial charge in [-0.25, -0.2) is 9.67 Å². The van der Waals surface area contributed by atoms with Gasteiger partial charge < -0.3 is 15.5 Å². The Morgan fingerprint density at radius 3 is 2.38 bits per heavy atom. The zero-order chi connectivity index (χ0) is 23.5. The van der Waals surface area contributed by atoms with Crippen LogP contribution in [0.1, 0.15) is 36.0 Å². The first kappa shape index (κ1) is 21.9. The molecule has 0 unspecified atom stereocenters. The molecule has 1 amide bonds. The lowest BCUT2D eigenvalue weighted by Crippen LogP contribution is -2.40. The lowest BCUT2D eigenvalue weighted by atomic mass is 9.91. The molecule has 174 valence electrons. The Kier molecular flexibility index (Phi) is 6.12. The van der Waals surface area contributed by atoms with Gasteiger partial charge in [-0.3, -0.25) is 4.79 Å². The maximum Gasteiger partial charge on any atom is 0.251 e. The lowest BCUT2D eigenvalue weighted by molar-refractivity contribution is 0.0926. The summed E-state index contributed by atoms with van der Waals surface area (Å²) < 4.78 is 1.77. The van der Waals surface area contributed by atoms with E-state index in [-0.39, 0.29) is 18.0 Å². The molecular formula is C26H29N7O. The van der Waals surface area contributed by atoms with E-state index >= 15 is 0 Å². The second-order valence-corrected chi connectivity index (χ2v) is 8.95. The third-order valence-electron chi connectivity index (χ3n) is 6.30. The van der Waals surface area contributed by atoms with E-state index in [1.807, 2.05) is 79.8 Å². The van der Waals surface area contributed by atoms with Gasteiger partial charge in [-0.2, -0.15) is 10.1 Å². The van der Waals surface area contributed by atoms with Gasteiger partial charge in [0.15, 0.2) is 0 Å². The average molecular weight is 456 g/mol. The Labute approximate surface area is 199 Å². The van der Waals surface area contributed by atoms with Crippen molar-refractivity contribution in [2.75, 3.05) is 24.3 Å². The molecule has 1 saturated carbocycles. The summed E-state index contributed by atoms with van der Waals surface area (Å²) in [6.07, 6.45) is 7.37. The molecule has 0 atom stereocenters. The summed E-state index contributed by atoms with van der Waals surface area (Å²) in [4.78, 5) is 24.2. The van der Waals surface area contributed by atoms with Gasteiger partial charge in [-0.1, -0.05) is 12.1 Å². The standard InChI is InChI=1S/C26H29N7O/c1-32(2)24-22-6-3-4-7-23(22)30-26(31-24)29-20-12-10-19(11-13-20)28-25(34)18-8-14-21(15-9-18)33-17-5-16-27-33/h3-9,14-17,19-20H,10-13H2,1-2H3,(H,28,34)(H,29,30,31). The van der Waals surface area contributed by atoms with E-state index in [0.29, 0.717) is 11.5 Å². The normalized spacial score (nSPS) is 17.9. The van der Waals surface area contributed by atoms with Crippen molar-refractivity contribution in [2.24, 2.45) is 0 Å². The third-order valence-corrected chi connectivity index (χ3v) is 6.30. The molecule has 4 aromatic rings. The number of carbonyl (C=O) groups is 1. The lowest BCUT2D eigenvalue weighted by Gasteiger charge is -2.30. The number of anilines is 2. The van der Waals surface area contributed by atoms with Crippen molar-refractivity contribution < 1.29 is 4.79 Å². The van der Waals surface area contributed by atoms with E-state index in [2.05, 4.69) is 15.7 Å². The van der Waals surface area contributed by atoms with E-state index in [1.54, 1.807) is 10.9 Å². The summed E-state index contributed by atoms with van der Waals surface area (Å²) in [7, 11) is 3.99. The summed E-state index contributed by atoms with van der Waals surface area (Å²) >= 11 is 0. The minimum absolute atomic E-state index is 0.0306. The molecule has 2 aromatic heterocycles. The Morgan fingerprint density at radius 1 is 0.941 bits per heavy atom. The summed E-state index contributed by atoms with van der Waals surface area (Å²) in [6.45, 7) is 0. The van der Waals surface area contributed by atoms with Crippen LogP contribution in [-0.2, 0) is 0 Å². The zero-order valence-corrected chi connectivity index (χ0v) is 19.5. The van der Waals surface area contributed by atoms with Crippen LogP contribution in [0.4, 0.5) is 11.8 Å².